The molecular formula is C53H86O5. The summed E-state index contributed by atoms with van der Waals surface area (Å²) in [5.74, 6) is -0.631. The van der Waals surface area contributed by atoms with Crippen molar-refractivity contribution in [1.29, 1.82) is 0 Å². The molecule has 0 aromatic heterocycles. The van der Waals surface area contributed by atoms with Crippen molar-refractivity contribution in [3.05, 3.63) is 109 Å². The van der Waals surface area contributed by atoms with Crippen LogP contribution < -0.4 is 0 Å². The molecule has 0 aliphatic carbocycles. The number of unbranched alkanes of at least 4 members (excludes halogenated alkanes) is 15. The lowest BCUT2D eigenvalue weighted by Crippen LogP contribution is -2.28. The van der Waals surface area contributed by atoms with Crippen LogP contribution in [0.2, 0.25) is 0 Å². The molecule has 0 fully saturated rings. The summed E-state index contributed by atoms with van der Waals surface area (Å²) < 4.78 is 10.6. The van der Waals surface area contributed by atoms with Crippen LogP contribution in [0.3, 0.4) is 0 Å². The molecule has 0 spiro atoms. The molecule has 58 heavy (non-hydrogen) atoms. The number of ether oxygens (including phenoxy) is 2. The molecule has 0 amide bonds. The SMILES string of the molecule is CC/C=C\C/C=C\C/C=C\C/C=C\C/C=C\C/C=C\CCCCCCCCC(=O)OC(CO)COC(=O)CCCCCCCC/C=C\C/C=C\C/C=C\CCCCC. The van der Waals surface area contributed by atoms with Gasteiger partial charge in [0.05, 0.1) is 6.61 Å². The van der Waals surface area contributed by atoms with Crippen molar-refractivity contribution in [2.24, 2.45) is 0 Å². The molecule has 5 nitrogen and oxygen atoms in total. The number of carbonyl (C=O) groups excluding carboxylic acids is 2. The number of rotatable bonds is 41. The van der Waals surface area contributed by atoms with E-state index in [0.29, 0.717) is 12.8 Å². The Kier molecular flexibility index (Phi) is 45.1. The smallest absolute Gasteiger partial charge is 0.306 e. The highest BCUT2D eigenvalue weighted by molar-refractivity contribution is 5.70. The fourth-order valence-corrected chi connectivity index (χ4v) is 6.03. The Hall–Kier alpha value is -3.44. The van der Waals surface area contributed by atoms with E-state index in [-0.39, 0.29) is 25.2 Å². The van der Waals surface area contributed by atoms with Crippen LogP contribution in [0.4, 0.5) is 0 Å². The van der Waals surface area contributed by atoms with Crippen molar-refractivity contribution in [1.82, 2.24) is 0 Å². The highest BCUT2D eigenvalue weighted by Gasteiger charge is 2.16. The van der Waals surface area contributed by atoms with Gasteiger partial charge in [0.2, 0.25) is 0 Å². The summed E-state index contributed by atoms with van der Waals surface area (Å²) >= 11 is 0. The maximum atomic E-state index is 12.2. The molecule has 0 aromatic rings. The highest BCUT2D eigenvalue weighted by atomic mass is 16.6. The lowest BCUT2D eigenvalue weighted by molar-refractivity contribution is -0.161. The minimum Gasteiger partial charge on any atom is -0.462 e. The van der Waals surface area contributed by atoms with E-state index < -0.39 is 6.10 Å². The molecule has 0 radical (unpaired) electrons. The third-order valence-electron chi connectivity index (χ3n) is 9.55. The van der Waals surface area contributed by atoms with Gasteiger partial charge in [-0.3, -0.25) is 9.59 Å². The molecule has 0 saturated carbocycles. The Labute approximate surface area is 357 Å². The Morgan fingerprint density at radius 3 is 1.12 bits per heavy atom. The summed E-state index contributed by atoms with van der Waals surface area (Å²) in [5.41, 5.74) is 0. The molecule has 0 aliphatic heterocycles. The fourth-order valence-electron chi connectivity index (χ4n) is 6.03. The first-order chi connectivity index (χ1) is 28.6. The van der Waals surface area contributed by atoms with Crippen molar-refractivity contribution < 1.29 is 24.2 Å². The van der Waals surface area contributed by atoms with Gasteiger partial charge in [-0.1, -0.05) is 187 Å². The van der Waals surface area contributed by atoms with Crippen LogP contribution in [0.5, 0.6) is 0 Å². The number of allylic oxidation sites excluding steroid dienone is 18. The van der Waals surface area contributed by atoms with E-state index in [4.69, 9.17) is 9.47 Å². The van der Waals surface area contributed by atoms with E-state index in [0.717, 1.165) is 103 Å². The number of hydrogen-bond donors (Lipinski definition) is 1. The van der Waals surface area contributed by atoms with E-state index >= 15 is 0 Å². The Balaban J connectivity index is 3.64. The largest absolute Gasteiger partial charge is 0.462 e. The average Bonchev–Trinajstić information content (AvgIpc) is 3.23. The molecule has 1 unspecified atom stereocenters. The first-order valence-corrected chi connectivity index (χ1v) is 23.4. The zero-order valence-corrected chi connectivity index (χ0v) is 37.3. The van der Waals surface area contributed by atoms with Crippen LogP contribution in [-0.2, 0) is 19.1 Å². The monoisotopic (exact) mass is 803 g/mol. The first kappa shape index (κ1) is 54.6. The highest BCUT2D eigenvalue weighted by Crippen LogP contribution is 2.12. The van der Waals surface area contributed by atoms with Gasteiger partial charge < -0.3 is 14.6 Å². The lowest BCUT2D eigenvalue weighted by atomic mass is 10.1. The standard InChI is InChI=1S/C53H86O5/c1-3-5-7-9-11-13-15-17-19-21-23-24-25-26-27-28-30-32-34-36-38-40-42-44-46-48-53(56)58-51(49-54)50-57-52(55)47-45-43-41-39-37-35-33-31-29-22-20-18-16-14-12-10-8-6-4-2/h5,7,11-14,17-20,23-24,26-27,29-32,51,54H,3-4,6,8-10,15-16,21-22,25,28,33-50H2,1-2H3/b7-5-,13-11-,14-12-,19-17-,20-18-,24-23-,27-26-,31-29-,32-30-. The third kappa shape index (κ3) is 45.3. The van der Waals surface area contributed by atoms with Crippen molar-refractivity contribution in [3.8, 4) is 0 Å². The van der Waals surface area contributed by atoms with Gasteiger partial charge in [0, 0.05) is 12.8 Å². The minimum absolute atomic E-state index is 0.0860. The summed E-state index contributed by atoms with van der Waals surface area (Å²) in [6.45, 7) is 3.96. The van der Waals surface area contributed by atoms with Crippen molar-refractivity contribution in [2.45, 2.75) is 200 Å². The second-order valence-corrected chi connectivity index (χ2v) is 15.1. The number of carbonyl (C=O) groups is 2. The van der Waals surface area contributed by atoms with E-state index in [1.165, 1.54) is 64.2 Å². The average molecular weight is 803 g/mol. The predicted molar refractivity (Wildman–Crippen MR) is 251 cm³/mol. The van der Waals surface area contributed by atoms with Gasteiger partial charge in [-0.2, -0.15) is 0 Å². The van der Waals surface area contributed by atoms with Crippen LogP contribution in [0, 0.1) is 0 Å². The molecule has 0 bridgehead atoms. The van der Waals surface area contributed by atoms with Crippen LogP contribution in [0.1, 0.15) is 194 Å². The zero-order valence-electron chi connectivity index (χ0n) is 37.3. The molecule has 1 atom stereocenters. The maximum Gasteiger partial charge on any atom is 0.306 e. The molecule has 0 rings (SSSR count). The van der Waals surface area contributed by atoms with Crippen LogP contribution >= 0.6 is 0 Å². The fraction of sp³-hybridized carbons (Fsp3) is 0.623. The van der Waals surface area contributed by atoms with Crippen LogP contribution in [0.25, 0.3) is 0 Å². The second kappa shape index (κ2) is 47.9. The predicted octanol–water partition coefficient (Wildman–Crippen LogP) is 15.4. The molecule has 0 heterocycles. The van der Waals surface area contributed by atoms with Gasteiger partial charge in [-0.05, 0) is 103 Å². The number of hydrogen-bond acceptors (Lipinski definition) is 5. The van der Waals surface area contributed by atoms with Gasteiger partial charge in [-0.25, -0.2) is 0 Å². The molecule has 1 N–H and O–H groups in total. The third-order valence-corrected chi connectivity index (χ3v) is 9.55. The van der Waals surface area contributed by atoms with Crippen LogP contribution in [0.15, 0.2) is 109 Å². The minimum atomic E-state index is -0.794. The molecule has 0 aromatic carbocycles. The van der Waals surface area contributed by atoms with E-state index in [1.807, 2.05) is 0 Å². The summed E-state index contributed by atoms with van der Waals surface area (Å²) in [7, 11) is 0. The Morgan fingerprint density at radius 2 is 0.741 bits per heavy atom. The lowest BCUT2D eigenvalue weighted by Gasteiger charge is -2.15. The summed E-state index contributed by atoms with van der Waals surface area (Å²) in [6.07, 6.45) is 68.7. The van der Waals surface area contributed by atoms with E-state index in [2.05, 4.69) is 123 Å². The van der Waals surface area contributed by atoms with Gasteiger partial charge in [-0.15, -0.1) is 0 Å². The van der Waals surface area contributed by atoms with Gasteiger partial charge in [0.1, 0.15) is 6.61 Å². The number of aliphatic hydroxyl groups excluding tert-OH is 1. The molecular weight excluding hydrogens is 717 g/mol. The summed E-state index contributed by atoms with van der Waals surface area (Å²) in [6, 6.07) is 0. The Morgan fingerprint density at radius 1 is 0.414 bits per heavy atom. The topological polar surface area (TPSA) is 72.8 Å². The molecule has 0 saturated heterocycles. The summed E-state index contributed by atoms with van der Waals surface area (Å²) in [4.78, 5) is 24.4. The van der Waals surface area contributed by atoms with Gasteiger partial charge in [0.15, 0.2) is 6.10 Å². The number of esters is 2. The second-order valence-electron chi connectivity index (χ2n) is 15.1. The molecule has 5 heteroatoms. The van der Waals surface area contributed by atoms with Crippen molar-refractivity contribution >= 4 is 11.9 Å². The van der Waals surface area contributed by atoms with E-state index in [9.17, 15) is 14.7 Å². The van der Waals surface area contributed by atoms with Crippen molar-refractivity contribution in [3.63, 3.8) is 0 Å². The Bertz CT molecular complexity index is 1180. The molecule has 328 valence electrons. The normalized spacial score (nSPS) is 13.2. The van der Waals surface area contributed by atoms with Crippen LogP contribution in [-0.4, -0.2) is 36.4 Å². The zero-order chi connectivity index (χ0) is 42.1. The first-order valence-electron chi connectivity index (χ1n) is 23.4. The van der Waals surface area contributed by atoms with Gasteiger partial charge in [0.25, 0.3) is 0 Å². The van der Waals surface area contributed by atoms with Gasteiger partial charge >= 0.3 is 11.9 Å². The summed E-state index contributed by atoms with van der Waals surface area (Å²) in [5, 5.41) is 9.61. The number of aliphatic hydroxyl groups is 1. The molecule has 0 aliphatic rings. The maximum absolute atomic E-state index is 12.2. The quantitative estimate of drug-likeness (QED) is 0.0379. The van der Waals surface area contributed by atoms with E-state index in [1.54, 1.807) is 0 Å². The van der Waals surface area contributed by atoms with Crippen molar-refractivity contribution in [2.75, 3.05) is 13.2 Å².